The lowest BCUT2D eigenvalue weighted by Gasteiger charge is -2.43. The number of pyridine rings is 1. The summed E-state index contributed by atoms with van der Waals surface area (Å²) in [6, 6.07) is 16.7. The minimum absolute atomic E-state index is 0. The number of nitriles is 3. The van der Waals surface area contributed by atoms with Crippen molar-refractivity contribution >= 4 is 5.69 Å². The quantitative estimate of drug-likeness (QED) is 0.340. The van der Waals surface area contributed by atoms with E-state index in [-0.39, 0.29) is 35.3 Å². The van der Waals surface area contributed by atoms with E-state index in [9.17, 15) is 31.0 Å². The van der Waals surface area contributed by atoms with E-state index in [4.69, 9.17) is 0 Å². The molecular weight excluding hydrogens is 456 g/mol. The maximum absolute atomic E-state index is 12.0. The predicted octanol–water partition coefficient (Wildman–Crippen LogP) is -0.338. The average Bonchev–Trinajstić information content (AvgIpc) is 3.66. The Balaban J connectivity index is 0.00000324. The molecule has 1 saturated carbocycles. The van der Waals surface area contributed by atoms with Gasteiger partial charge in [-0.1, -0.05) is 18.2 Å². The number of rotatable bonds is 5. The van der Waals surface area contributed by atoms with Gasteiger partial charge in [0.25, 0.3) is 5.69 Å². The Kier molecular flexibility index (Phi) is 6.88. The predicted molar refractivity (Wildman–Crippen MR) is 114 cm³/mol. The molecule has 34 heavy (non-hydrogen) atoms. The zero-order valence-electron chi connectivity index (χ0n) is 18.2. The molecule has 2 aliphatic rings. The number of non-ortho nitro benzene ring substituents is 1. The molecule has 2 N–H and O–H groups in total. The molecule has 0 amide bonds. The van der Waals surface area contributed by atoms with Crippen LogP contribution in [0.4, 0.5) is 5.69 Å². The largest absolute Gasteiger partial charge is 1.00 e. The summed E-state index contributed by atoms with van der Waals surface area (Å²) >= 11 is 0. The van der Waals surface area contributed by atoms with Crippen LogP contribution in [0, 0.1) is 62.9 Å². The summed E-state index contributed by atoms with van der Waals surface area (Å²) < 4.78 is 1.89. The summed E-state index contributed by atoms with van der Waals surface area (Å²) in [5.41, 5.74) is 0.0255. The molecule has 0 saturated heterocycles. The molecule has 4 rings (SSSR count). The van der Waals surface area contributed by atoms with Gasteiger partial charge in [0.05, 0.1) is 40.3 Å². The molecule has 1 aromatic carbocycles. The normalized spacial score (nSPS) is 23.6. The second-order valence-electron chi connectivity index (χ2n) is 8.38. The van der Waals surface area contributed by atoms with Crippen molar-refractivity contribution in [2.24, 2.45) is 11.8 Å². The van der Waals surface area contributed by atoms with E-state index < -0.39 is 28.5 Å². The molecule has 2 heterocycles. The van der Waals surface area contributed by atoms with Crippen LogP contribution in [0.5, 0.6) is 0 Å². The van der Waals surface area contributed by atoms with Crippen molar-refractivity contribution in [3.05, 3.63) is 81.3 Å². The minimum Gasteiger partial charge on any atom is -1.00 e. The number of allylic oxidation sites excluding steroid dienone is 2. The van der Waals surface area contributed by atoms with Gasteiger partial charge >= 0.3 is 0 Å². The number of hydrogen-bond acceptors (Lipinski definition) is 7. The second kappa shape index (κ2) is 9.49. The first kappa shape index (κ1) is 24.7. The van der Waals surface area contributed by atoms with E-state index >= 15 is 0 Å². The Morgan fingerprint density at radius 2 is 1.82 bits per heavy atom. The Bertz CT molecular complexity index is 1260. The monoisotopic (exact) mass is 476 g/mol. The molecule has 1 aromatic heterocycles. The van der Waals surface area contributed by atoms with Gasteiger partial charge in [-0.3, -0.25) is 10.1 Å². The van der Waals surface area contributed by atoms with Gasteiger partial charge in [0, 0.05) is 37.1 Å². The van der Waals surface area contributed by atoms with Crippen LogP contribution in [0.1, 0.15) is 36.1 Å². The van der Waals surface area contributed by atoms with Crippen molar-refractivity contribution in [1.82, 2.24) is 5.32 Å². The average molecular weight is 477 g/mol. The second-order valence-corrected chi connectivity index (χ2v) is 8.38. The van der Waals surface area contributed by atoms with E-state index in [1.807, 2.05) is 48.0 Å². The van der Waals surface area contributed by atoms with Crippen molar-refractivity contribution in [3.63, 3.8) is 0 Å². The smallest absolute Gasteiger partial charge is 0.269 e. The van der Waals surface area contributed by atoms with Crippen LogP contribution >= 0.6 is 0 Å². The number of nitrogens with one attached hydrogen (secondary N) is 1. The third-order valence-corrected chi connectivity index (χ3v) is 6.43. The topological polar surface area (TPSA) is 151 Å². The van der Waals surface area contributed by atoms with E-state index in [1.54, 1.807) is 12.1 Å². The van der Waals surface area contributed by atoms with E-state index in [2.05, 4.69) is 11.4 Å². The Hall–Kier alpha value is -3.97. The van der Waals surface area contributed by atoms with Gasteiger partial charge in [0.1, 0.15) is 0 Å². The summed E-state index contributed by atoms with van der Waals surface area (Å²) in [5, 5.41) is 55.6. The molecule has 1 aliphatic carbocycles. The molecule has 0 spiro atoms. The maximum Gasteiger partial charge on any atom is 0.269 e. The number of halogens is 1. The Morgan fingerprint density at radius 1 is 1.18 bits per heavy atom. The lowest BCUT2D eigenvalue weighted by molar-refractivity contribution is -0.747. The number of benzene rings is 1. The number of aromatic nitrogens is 1. The molecule has 3 unspecified atom stereocenters. The number of aliphatic hydroxyl groups is 1. The molecule has 9 nitrogen and oxygen atoms in total. The maximum atomic E-state index is 12.0. The van der Waals surface area contributed by atoms with Crippen LogP contribution in [0.25, 0.3) is 0 Å². The third-order valence-electron chi connectivity index (χ3n) is 6.43. The molecule has 0 bridgehead atoms. The van der Waals surface area contributed by atoms with Crippen LogP contribution in [-0.4, -0.2) is 15.8 Å². The number of hydrogen-bond donors (Lipinski definition) is 2. The molecular formula is C24H21ClN6O3. The first-order chi connectivity index (χ1) is 15.8. The fraction of sp³-hybridized carbons (Fsp3) is 0.333. The fourth-order valence-electron chi connectivity index (χ4n) is 4.70. The van der Waals surface area contributed by atoms with Crippen molar-refractivity contribution in [2.75, 3.05) is 0 Å². The van der Waals surface area contributed by atoms with Crippen LogP contribution < -0.4 is 22.3 Å². The van der Waals surface area contributed by atoms with Crippen LogP contribution in [0.3, 0.4) is 0 Å². The van der Waals surface area contributed by atoms with Gasteiger partial charge in [-0.25, -0.2) is 0 Å². The Labute approximate surface area is 202 Å². The molecule has 2 aromatic rings. The first-order valence-corrected chi connectivity index (χ1v) is 10.5. The summed E-state index contributed by atoms with van der Waals surface area (Å²) in [4.78, 5) is 10.7. The zero-order valence-corrected chi connectivity index (χ0v) is 19.0. The van der Waals surface area contributed by atoms with E-state index in [0.717, 1.165) is 18.5 Å². The third kappa shape index (κ3) is 4.06. The number of aryl methyl sites for hydroxylation is 1. The van der Waals surface area contributed by atoms with Gasteiger partial charge in [-0.2, -0.15) is 20.4 Å². The Morgan fingerprint density at radius 3 is 2.32 bits per heavy atom. The summed E-state index contributed by atoms with van der Waals surface area (Å²) in [7, 11) is 0. The van der Waals surface area contributed by atoms with E-state index in [1.165, 1.54) is 12.1 Å². The molecule has 1 fully saturated rings. The molecule has 0 radical (unpaired) electrons. The van der Waals surface area contributed by atoms with Crippen LogP contribution in [0.15, 0.2) is 59.9 Å². The van der Waals surface area contributed by atoms with Gasteiger partial charge in [-0.15, -0.1) is 0 Å². The fourth-order valence-corrected chi connectivity index (χ4v) is 4.70. The van der Waals surface area contributed by atoms with E-state index in [0.29, 0.717) is 5.56 Å². The highest BCUT2D eigenvalue weighted by Crippen LogP contribution is 2.52. The van der Waals surface area contributed by atoms with Crippen LogP contribution in [-0.2, 0) is 0 Å². The van der Waals surface area contributed by atoms with Gasteiger partial charge < -0.3 is 22.8 Å². The number of nitro benzene ring substituents is 1. The SMILES string of the molecule is Cc1cccc[n+]1C1C(c2ccc([N+](=O)[O-])cc2)C(C#N)=C(C(C#N)C#N)NC1(O)C1CC1.[Cl-]. The molecule has 1 aliphatic heterocycles. The van der Waals surface area contributed by atoms with Crippen molar-refractivity contribution in [3.8, 4) is 18.2 Å². The summed E-state index contributed by atoms with van der Waals surface area (Å²) in [6.07, 6.45) is 3.32. The zero-order chi connectivity index (χ0) is 23.8. The minimum atomic E-state index is -1.54. The van der Waals surface area contributed by atoms with Crippen LogP contribution in [0.2, 0.25) is 0 Å². The van der Waals surface area contributed by atoms with Crippen molar-refractivity contribution in [1.29, 1.82) is 15.8 Å². The summed E-state index contributed by atoms with van der Waals surface area (Å²) in [5.74, 6) is -2.16. The van der Waals surface area contributed by atoms with Crippen molar-refractivity contribution < 1.29 is 27.0 Å². The lowest BCUT2D eigenvalue weighted by atomic mass is 9.73. The van der Waals surface area contributed by atoms with Gasteiger partial charge in [0.2, 0.25) is 11.8 Å². The lowest BCUT2D eigenvalue weighted by Crippen LogP contribution is -3.00. The highest BCUT2D eigenvalue weighted by Gasteiger charge is 2.62. The summed E-state index contributed by atoms with van der Waals surface area (Å²) in [6.45, 7) is 1.89. The number of nitrogens with zero attached hydrogens (tertiary/aromatic N) is 5. The molecule has 10 heteroatoms. The number of nitro groups is 1. The van der Waals surface area contributed by atoms with Crippen molar-refractivity contribution in [2.45, 2.75) is 37.5 Å². The van der Waals surface area contributed by atoms with Gasteiger partial charge in [-0.05, 0) is 18.4 Å². The first-order valence-electron chi connectivity index (χ1n) is 10.5. The standard InChI is InChI=1S/C24H21N6O3.ClH/c1-15-4-2-3-11-29(15)23-21(16-5-9-19(10-6-16)30(32)33)20(14-27)22(17(12-25)13-26)28-24(23,31)18-7-8-18;/h2-6,9-11,17-18,21,23,28,31H,7-8H2,1H3;1H/q+1;/p-1. The highest BCUT2D eigenvalue weighted by atomic mass is 35.5. The molecule has 3 atom stereocenters. The van der Waals surface area contributed by atoms with Gasteiger partial charge in [0.15, 0.2) is 17.8 Å². The highest BCUT2D eigenvalue weighted by molar-refractivity contribution is 5.48. The molecule has 172 valence electrons.